The zero-order chi connectivity index (χ0) is 29.7. The number of alkyl halides is 3. The van der Waals surface area contributed by atoms with Gasteiger partial charge in [0.1, 0.15) is 17.3 Å². The fraction of sp³-hybridized carbons (Fsp3) is 0.387. The van der Waals surface area contributed by atoms with Crippen molar-refractivity contribution in [2.24, 2.45) is 11.8 Å². The molecular formula is C31H34F3N5O3. The highest BCUT2D eigenvalue weighted by molar-refractivity contribution is 5.93. The summed E-state index contributed by atoms with van der Waals surface area (Å²) in [7, 11) is 1.65. The van der Waals surface area contributed by atoms with Crippen LogP contribution in [0, 0.1) is 11.8 Å². The number of aryl methyl sites for hydroxylation is 1. The van der Waals surface area contributed by atoms with E-state index in [9.17, 15) is 22.8 Å². The first kappa shape index (κ1) is 29.5. The second-order valence-electron chi connectivity index (χ2n) is 10.8. The molecule has 3 aromatic rings. The van der Waals surface area contributed by atoms with Crippen LogP contribution in [0.1, 0.15) is 41.5 Å². The maximum absolute atomic E-state index is 13.4. The number of pyridine rings is 1. The quantitative estimate of drug-likeness (QED) is 0.288. The molecule has 1 saturated heterocycles. The summed E-state index contributed by atoms with van der Waals surface area (Å²) in [5, 5.41) is 11.7. The zero-order valence-corrected chi connectivity index (χ0v) is 23.3. The fourth-order valence-corrected chi connectivity index (χ4v) is 5.49. The Morgan fingerprint density at radius 1 is 0.929 bits per heavy atom. The van der Waals surface area contributed by atoms with Crippen molar-refractivity contribution in [3.8, 4) is 11.5 Å². The molecule has 1 aliphatic carbocycles. The Labute approximate surface area is 242 Å². The van der Waals surface area contributed by atoms with Crippen LogP contribution in [-0.4, -0.2) is 36.9 Å². The lowest BCUT2D eigenvalue weighted by atomic mass is 9.83. The number of nitrogens with one attached hydrogen (secondary N) is 4. The third kappa shape index (κ3) is 7.46. The lowest BCUT2D eigenvalue weighted by Crippen LogP contribution is -2.34. The van der Waals surface area contributed by atoms with E-state index in [1.54, 1.807) is 31.4 Å². The van der Waals surface area contributed by atoms with Gasteiger partial charge < -0.3 is 26.0 Å². The van der Waals surface area contributed by atoms with Gasteiger partial charge in [-0.1, -0.05) is 6.07 Å². The minimum atomic E-state index is -4.52. The molecule has 0 saturated carbocycles. The van der Waals surface area contributed by atoms with Crippen molar-refractivity contribution in [1.82, 2.24) is 15.6 Å². The van der Waals surface area contributed by atoms with Crippen molar-refractivity contribution in [2.45, 2.75) is 44.8 Å². The number of aromatic nitrogens is 1. The van der Waals surface area contributed by atoms with Gasteiger partial charge in [0.2, 0.25) is 11.8 Å². The molecule has 1 aliphatic heterocycles. The van der Waals surface area contributed by atoms with Crippen LogP contribution in [0.4, 0.5) is 24.7 Å². The summed E-state index contributed by atoms with van der Waals surface area (Å²) < 4.78 is 46.3. The van der Waals surface area contributed by atoms with Crippen LogP contribution in [0.25, 0.3) is 0 Å². The van der Waals surface area contributed by atoms with Gasteiger partial charge >= 0.3 is 6.18 Å². The van der Waals surface area contributed by atoms with Gasteiger partial charge in [-0.2, -0.15) is 13.2 Å². The molecule has 4 N–H and O–H groups in total. The second-order valence-corrected chi connectivity index (χ2v) is 10.8. The summed E-state index contributed by atoms with van der Waals surface area (Å²) in [6.07, 6.45) is 0.324. The number of rotatable bonds is 8. The van der Waals surface area contributed by atoms with E-state index in [0.717, 1.165) is 49.2 Å². The average Bonchev–Trinajstić information content (AvgIpc) is 2.97. The number of nitrogens with zero attached hydrogens (tertiary/aromatic N) is 1. The Kier molecular flexibility index (Phi) is 9.08. The van der Waals surface area contributed by atoms with Gasteiger partial charge in [0, 0.05) is 36.3 Å². The molecule has 8 nitrogen and oxygen atoms in total. The van der Waals surface area contributed by atoms with Crippen LogP contribution in [-0.2, 0) is 35.2 Å². The summed E-state index contributed by atoms with van der Waals surface area (Å²) >= 11 is 0. The number of fused-ring (bicyclic) bond motifs is 1. The summed E-state index contributed by atoms with van der Waals surface area (Å²) in [5.41, 5.74) is 1.82. The molecule has 0 bridgehead atoms. The van der Waals surface area contributed by atoms with Crippen molar-refractivity contribution in [2.75, 3.05) is 30.8 Å². The molecule has 5 rings (SSSR count). The predicted octanol–water partition coefficient (Wildman–Crippen LogP) is 5.29. The Morgan fingerprint density at radius 2 is 1.69 bits per heavy atom. The molecule has 11 heteroatoms. The lowest BCUT2D eigenvalue weighted by Gasteiger charge is -2.25. The van der Waals surface area contributed by atoms with Crippen LogP contribution in [0.5, 0.6) is 11.5 Å². The molecule has 0 spiro atoms. The highest BCUT2D eigenvalue weighted by atomic mass is 19.4. The normalized spacial score (nSPS) is 17.3. The molecule has 2 aromatic carbocycles. The number of ether oxygens (including phenoxy) is 1. The number of anilines is 2. The minimum absolute atomic E-state index is 0.0487. The molecule has 2 heterocycles. The standard InChI is InChI=1S/C31H34F3N5O3/c1-35-18-19-12-24(31(32,33)34)16-25(13-19)38-30(41)22-3-2-20-4-5-26(15-23(20)14-22)42-27-8-11-37-28(17-27)39-29(40)21-6-9-36-10-7-21/h4-5,8,11-13,15-17,21-22,35-36H,2-3,6-7,9-10,14,18H2,1H3,(H,38,41)(H,37,39,40). The van der Waals surface area contributed by atoms with Gasteiger partial charge in [0.25, 0.3) is 0 Å². The molecule has 1 unspecified atom stereocenters. The monoisotopic (exact) mass is 581 g/mol. The third-order valence-corrected chi connectivity index (χ3v) is 7.67. The Hall–Kier alpha value is -3.96. The van der Waals surface area contributed by atoms with E-state index < -0.39 is 17.7 Å². The predicted molar refractivity (Wildman–Crippen MR) is 153 cm³/mol. The number of amides is 2. The molecule has 2 aliphatic rings. The van der Waals surface area contributed by atoms with E-state index in [-0.39, 0.29) is 30.0 Å². The van der Waals surface area contributed by atoms with Gasteiger partial charge in [0.05, 0.1) is 5.56 Å². The SMILES string of the molecule is CNCc1cc(NC(=O)C2CCc3ccc(Oc4ccnc(NC(=O)C5CCNCC5)c4)cc3C2)cc(C(F)(F)F)c1. The van der Waals surface area contributed by atoms with Gasteiger partial charge in [-0.15, -0.1) is 0 Å². The van der Waals surface area contributed by atoms with Crippen LogP contribution in [0.15, 0.2) is 54.7 Å². The molecule has 222 valence electrons. The number of hydrogen-bond donors (Lipinski definition) is 4. The number of halogens is 3. The van der Waals surface area contributed by atoms with E-state index in [1.165, 1.54) is 0 Å². The van der Waals surface area contributed by atoms with Gasteiger partial charge in [-0.25, -0.2) is 4.98 Å². The zero-order valence-electron chi connectivity index (χ0n) is 23.3. The van der Waals surface area contributed by atoms with Crippen molar-refractivity contribution in [3.63, 3.8) is 0 Å². The van der Waals surface area contributed by atoms with Crippen molar-refractivity contribution < 1.29 is 27.5 Å². The molecular weight excluding hydrogens is 547 g/mol. The summed E-state index contributed by atoms with van der Waals surface area (Å²) in [6.45, 7) is 1.88. The topological polar surface area (TPSA) is 104 Å². The maximum atomic E-state index is 13.4. The highest BCUT2D eigenvalue weighted by Crippen LogP contribution is 2.34. The molecule has 1 atom stereocenters. The number of carbonyl (C=O) groups is 2. The summed E-state index contributed by atoms with van der Waals surface area (Å²) in [4.78, 5) is 30.0. The highest BCUT2D eigenvalue weighted by Gasteiger charge is 2.32. The Balaban J connectivity index is 1.24. The largest absolute Gasteiger partial charge is 0.457 e. The van der Waals surface area contributed by atoms with Crippen LogP contribution in [0.2, 0.25) is 0 Å². The fourth-order valence-electron chi connectivity index (χ4n) is 5.49. The van der Waals surface area contributed by atoms with Crippen molar-refractivity contribution in [1.29, 1.82) is 0 Å². The van der Waals surface area contributed by atoms with E-state index in [1.807, 2.05) is 18.2 Å². The van der Waals surface area contributed by atoms with Gasteiger partial charge in [-0.05, 0) is 105 Å². The maximum Gasteiger partial charge on any atom is 0.416 e. The molecule has 42 heavy (non-hydrogen) atoms. The van der Waals surface area contributed by atoms with E-state index in [4.69, 9.17) is 4.74 Å². The van der Waals surface area contributed by atoms with E-state index >= 15 is 0 Å². The Morgan fingerprint density at radius 3 is 2.45 bits per heavy atom. The van der Waals surface area contributed by atoms with Crippen molar-refractivity contribution in [3.05, 3.63) is 77.0 Å². The average molecular weight is 582 g/mol. The molecule has 2 amide bonds. The lowest BCUT2D eigenvalue weighted by molar-refractivity contribution is -0.137. The van der Waals surface area contributed by atoms with Crippen LogP contribution >= 0.6 is 0 Å². The Bertz CT molecular complexity index is 1440. The smallest absolute Gasteiger partial charge is 0.416 e. The third-order valence-electron chi connectivity index (χ3n) is 7.67. The van der Waals surface area contributed by atoms with E-state index in [2.05, 4.69) is 26.3 Å². The first-order chi connectivity index (χ1) is 20.2. The van der Waals surface area contributed by atoms with Crippen LogP contribution < -0.4 is 26.0 Å². The van der Waals surface area contributed by atoms with Crippen molar-refractivity contribution >= 4 is 23.3 Å². The van der Waals surface area contributed by atoms with Gasteiger partial charge in [0.15, 0.2) is 0 Å². The second kappa shape index (κ2) is 12.9. The molecule has 1 aromatic heterocycles. The molecule has 1 fully saturated rings. The summed E-state index contributed by atoms with van der Waals surface area (Å²) in [5.74, 6) is 0.690. The number of hydrogen-bond acceptors (Lipinski definition) is 6. The molecule has 0 radical (unpaired) electrons. The first-order valence-electron chi connectivity index (χ1n) is 14.1. The first-order valence-corrected chi connectivity index (χ1v) is 14.1. The van der Waals surface area contributed by atoms with Gasteiger partial charge in [-0.3, -0.25) is 9.59 Å². The minimum Gasteiger partial charge on any atom is -0.457 e. The number of piperidine rings is 1. The summed E-state index contributed by atoms with van der Waals surface area (Å²) in [6, 6.07) is 12.7. The number of benzene rings is 2. The van der Waals surface area contributed by atoms with Crippen LogP contribution in [0.3, 0.4) is 0 Å². The number of carbonyl (C=O) groups excluding carboxylic acids is 2. The van der Waals surface area contributed by atoms with E-state index in [0.29, 0.717) is 42.1 Å².